The van der Waals surface area contributed by atoms with Crippen LogP contribution in [0.15, 0.2) is 29.0 Å². The Morgan fingerprint density at radius 2 is 2.07 bits per heavy atom. The summed E-state index contributed by atoms with van der Waals surface area (Å²) in [4.78, 5) is 10.8. The third-order valence-corrected chi connectivity index (χ3v) is 2.89. The molecule has 2 aromatic rings. The third-order valence-electron chi connectivity index (χ3n) is 2.13. The molecule has 1 heterocycles. The van der Waals surface area contributed by atoms with Gasteiger partial charge in [-0.05, 0) is 23.6 Å². The Labute approximate surface area is 90.8 Å². The molecule has 3 N–H and O–H groups in total. The maximum absolute atomic E-state index is 10.8. The highest BCUT2D eigenvalue weighted by Crippen LogP contribution is 2.34. The molecule has 0 amide bonds. The Bertz CT molecular complexity index is 505. The molecule has 3 nitrogen and oxygen atoms in total. The van der Waals surface area contributed by atoms with Gasteiger partial charge in [-0.15, -0.1) is 0 Å². The topological polar surface area (TPSA) is 63.3 Å². The van der Waals surface area contributed by atoms with Gasteiger partial charge in [0.05, 0.1) is 0 Å². The summed E-state index contributed by atoms with van der Waals surface area (Å²) in [5.74, 6) is 0.130. The Kier molecular flexibility index (Phi) is 2.43. The standard InChI is InChI=1S/C11H9NO2S/c12-8-1-2-11(14)9(3-8)10-6-15-5-7(10)4-13/h1-6,14H,12H2. The molecule has 4 heteroatoms. The number of nitrogen functional groups attached to an aromatic ring is 1. The quantitative estimate of drug-likeness (QED) is 0.463. The van der Waals surface area contributed by atoms with Crippen LogP contribution in [0, 0.1) is 0 Å². The molecule has 0 bridgehead atoms. The number of rotatable bonds is 2. The largest absolute Gasteiger partial charge is 0.507 e. The van der Waals surface area contributed by atoms with E-state index in [1.165, 1.54) is 17.4 Å². The van der Waals surface area contributed by atoms with E-state index in [9.17, 15) is 9.90 Å². The Morgan fingerprint density at radius 1 is 1.27 bits per heavy atom. The van der Waals surface area contributed by atoms with Crippen LogP contribution >= 0.6 is 11.3 Å². The molecule has 1 aromatic heterocycles. The van der Waals surface area contributed by atoms with E-state index in [1.807, 2.05) is 5.38 Å². The lowest BCUT2D eigenvalue weighted by Crippen LogP contribution is -1.87. The molecule has 0 aliphatic carbocycles. The summed E-state index contributed by atoms with van der Waals surface area (Å²) in [6.45, 7) is 0. The molecular formula is C11H9NO2S. The molecule has 0 fully saturated rings. The number of hydrogen-bond donors (Lipinski definition) is 2. The van der Waals surface area contributed by atoms with Gasteiger partial charge in [-0.25, -0.2) is 0 Å². The van der Waals surface area contributed by atoms with Crippen LogP contribution < -0.4 is 5.73 Å². The number of carbonyl (C=O) groups excluding carboxylic acids is 1. The highest BCUT2D eigenvalue weighted by molar-refractivity contribution is 7.08. The van der Waals surface area contributed by atoms with Crippen LogP contribution in [0.4, 0.5) is 5.69 Å². The zero-order chi connectivity index (χ0) is 10.8. The summed E-state index contributed by atoms with van der Waals surface area (Å²) in [6.07, 6.45) is 0.772. The average molecular weight is 219 g/mol. The molecule has 0 unspecified atom stereocenters. The van der Waals surface area contributed by atoms with E-state index in [0.29, 0.717) is 16.8 Å². The lowest BCUT2D eigenvalue weighted by atomic mass is 10.0. The zero-order valence-corrected chi connectivity index (χ0v) is 8.62. The predicted octanol–water partition coefficient (Wildman–Crippen LogP) is 2.52. The minimum Gasteiger partial charge on any atom is -0.507 e. The zero-order valence-electron chi connectivity index (χ0n) is 7.81. The summed E-state index contributed by atoms with van der Waals surface area (Å²) in [5.41, 5.74) is 8.08. The second kappa shape index (κ2) is 3.74. The fraction of sp³-hybridized carbons (Fsp3) is 0. The van der Waals surface area contributed by atoms with E-state index >= 15 is 0 Å². The predicted molar refractivity (Wildman–Crippen MR) is 61.2 cm³/mol. The minimum atomic E-state index is 0.130. The highest BCUT2D eigenvalue weighted by Gasteiger charge is 2.10. The van der Waals surface area contributed by atoms with Crippen LogP contribution in [0.1, 0.15) is 10.4 Å². The van der Waals surface area contributed by atoms with Crippen molar-refractivity contribution in [2.24, 2.45) is 0 Å². The van der Waals surface area contributed by atoms with Gasteiger partial charge >= 0.3 is 0 Å². The van der Waals surface area contributed by atoms with Crippen LogP contribution in [-0.2, 0) is 0 Å². The number of thiophene rings is 1. The van der Waals surface area contributed by atoms with Gasteiger partial charge in [0.25, 0.3) is 0 Å². The fourth-order valence-electron chi connectivity index (χ4n) is 1.39. The number of aldehydes is 1. The van der Waals surface area contributed by atoms with E-state index in [4.69, 9.17) is 5.73 Å². The van der Waals surface area contributed by atoms with Gasteiger partial charge in [0, 0.05) is 27.8 Å². The average Bonchev–Trinajstić information content (AvgIpc) is 2.69. The van der Waals surface area contributed by atoms with E-state index in [-0.39, 0.29) is 5.75 Å². The van der Waals surface area contributed by atoms with Gasteiger partial charge in [0.1, 0.15) is 5.75 Å². The van der Waals surface area contributed by atoms with Crippen molar-refractivity contribution in [1.29, 1.82) is 0 Å². The third kappa shape index (κ3) is 1.71. The summed E-state index contributed by atoms with van der Waals surface area (Å²) >= 11 is 1.42. The van der Waals surface area contributed by atoms with Gasteiger partial charge in [-0.1, -0.05) is 0 Å². The number of hydrogen-bond acceptors (Lipinski definition) is 4. The maximum atomic E-state index is 10.8. The molecule has 76 valence electrons. The first-order chi connectivity index (χ1) is 7.22. The molecule has 0 spiro atoms. The van der Waals surface area contributed by atoms with E-state index in [1.54, 1.807) is 17.5 Å². The van der Waals surface area contributed by atoms with Crippen molar-refractivity contribution < 1.29 is 9.90 Å². The van der Waals surface area contributed by atoms with Gasteiger partial charge in [0.2, 0.25) is 0 Å². The number of phenolic OH excluding ortho intramolecular Hbond substituents is 1. The van der Waals surface area contributed by atoms with Crippen molar-refractivity contribution in [2.75, 3.05) is 5.73 Å². The van der Waals surface area contributed by atoms with Gasteiger partial charge in [-0.3, -0.25) is 4.79 Å². The number of anilines is 1. The number of carbonyl (C=O) groups is 1. The van der Waals surface area contributed by atoms with E-state index in [2.05, 4.69) is 0 Å². The molecular weight excluding hydrogens is 210 g/mol. The summed E-state index contributed by atoms with van der Waals surface area (Å²) < 4.78 is 0. The molecule has 0 aliphatic rings. The first kappa shape index (κ1) is 9.73. The number of nitrogens with two attached hydrogens (primary N) is 1. The van der Waals surface area contributed by atoms with Gasteiger partial charge in [-0.2, -0.15) is 11.3 Å². The number of phenols is 1. The molecule has 2 rings (SSSR count). The first-order valence-corrected chi connectivity index (χ1v) is 5.27. The molecule has 0 saturated carbocycles. The van der Waals surface area contributed by atoms with Gasteiger partial charge < -0.3 is 10.8 Å². The van der Waals surface area contributed by atoms with E-state index in [0.717, 1.165) is 11.8 Å². The van der Waals surface area contributed by atoms with Crippen molar-refractivity contribution >= 4 is 23.3 Å². The summed E-state index contributed by atoms with van der Waals surface area (Å²) in [7, 11) is 0. The van der Waals surface area contributed by atoms with E-state index < -0.39 is 0 Å². The second-order valence-corrected chi connectivity index (χ2v) is 3.88. The molecule has 0 radical (unpaired) electrons. The van der Waals surface area contributed by atoms with Crippen LogP contribution in [0.2, 0.25) is 0 Å². The normalized spacial score (nSPS) is 10.1. The summed E-state index contributed by atoms with van der Waals surface area (Å²) in [5, 5.41) is 13.2. The molecule has 0 aliphatic heterocycles. The molecule has 0 saturated heterocycles. The van der Waals surface area contributed by atoms with Crippen molar-refractivity contribution in [3.05, 3.63) is 34.5 Å². The number of aromatic hydroxyl groups is 1. The van der Waals surface area contributed by atoms with Crippen LogP contribution in [0.25, 0.3) is 11.1 Å². The Balaban J connectivity index is 2.62. The minimum absolute atomic E-state index is 0.130. The van der Waals surface area contributed by atoms with Gasteiger partial charge in [0.15, 0.2) is 6.29 Å². The summed E-state index contributed by atoms with van der Waals surface area (Å²) in [6, 6.07) is 4.80. The second-order valence-electron chi connectivity index (χ2n) is 3.14. The van der Waals surface area contributed by atoms with Crippen molar-refractivity contribution in [2.45, 2.75) is 0 Å². The maximum Gasteiger partial charge on any atom is 0.151 e. The van der Waals surface area contributed by atoms with Crippen LogP contribution in [-0.4, -0.2) is 11.4 Å². The van der Waals surface area contributed by atoms with Crippen molar-refractivity contribution in [3.8, 4) is 16.9 Å². The molecule has 1 aromatic carbocycles. The molecule has 15 heavy (non-hydrogen) atoms. The number of benzene rings is 1. The Hall–Kier alpha value is -1.81. The lowest BCUT2D eigenvalue weighted by Gasteiger charge is -2.04. The first-order valence-electron chi connectivity index (χ1n) is 4.32. The van der Waals surface area contributed by atoms with Crippen molar-refractivity contribution in [3.63, 3.8) is 0 Å². The fourth-order valence-corrected chi connectivity index (χ4v) is 2.18. The van der Waals surface area contributed by atoms with Crippen molar-refractivity contribution in [1.82, 2.24) is 0 Å². The van der Waals surface area contributed by atoms with Crippen LogP contribution in [0.5, 0.6) is 5.75 Å². The SMILES string of the molecule is Nc1ccc(O)c(-c2cscc2C=O)c1. The molecule has 0 atom stereocenters. The highest BCUT2D eigenvalue weighted by atomic mass is 32.1. The monoisotopic (exact) mass is 219 g/mol. The smallest absolute Gasteiger partial charge is 0.151 e. The Morgan fingerprint density at radius 3 is 2.80 bits per heavy atom. The van der Waals surface area contributed by atoms with Crippen LogP contribution in [0.3, 0.4) is 0 Å². The lowest BCUT2D eigenvalue weighted by molar-refractivity contribution is 0.112.